The molecule has 0 fully saturated rings. The number of benzene rings is 1. The van der Waals surface area contributed by atoms with E-state index in [1.54, 1.807) is 35.6 Å². The highest BCUT2D eigenvalue weighted by Gasteiger charge is 2.08. The molecule has 1 aromatic carbocycles. The van der Waals surface area contributed by atoms with Gasteiger partial charge in [0.25, 0.3) is 0 Å². The molecule has 1 heterocycles. The molecule has 2 nitrogen and oxygen atoms in total. The van der Waals surface area contributed by atoms with E-state index in [9.17, 15) is 8.78 Å². The molecule has 6 heteroatoms. The van der Waals surface area contributed by atoms with Crippen LogP contribution in [-0.2, 0) is 13.1 Å². The Balaban J connectivity index is 1.92. The van der Waals surface area contributed by atoms with Gasteiger partial charge in [-0.25, -0.2) is 0 Å². The van der Waals surface area contributed by atoms with Crippen molar-refractivity contribution in [3.05, 3.63) is 50.6 Å². The van der Waals surface area contributed by atoms with Crippen molar-refractivity contribution in [3.8, 4) is 5.75 Å². The van der Waals surface area contributed by atoms with Gasteiger partial charge < -0.3 is 10.1 Å². The Labute approximate surface area is 122 Å². The van der Waals surface area contributed by atoms with Crippen LogP contribution in [0.3, 0.4) is 0 Å². The average molecular weight is 348 g/mol. The molecule has 0 bridgehead atoms. The van der Waals surface area contributed by atoms with Crippen LogP contribution in [0.15, 0.2) is 40.2 Å². The third-order valence-corrected chi connectivity index (χ3v) is 4.12. The summed E-state index contributed by atoms with van der Waals surface area (Å²) in [5.41, 5.74) is 0.721. The summed E-state index contributed by atoms with van der Waals surface area (Å²) >= 11 is 5.03. The van der Waals surface area contributed by atoms with Crippen molar-refractivity contribution in [2.24, 2.45) is 0 Å². The Morgan fingerprint density at radius 3 is 2.74 bits per heavy atom. The molecule has 0 aliphatic carbocycles. The van der Waals surface area contributed by atoms with Crippen LogP contribution in [0, 0.1) is 0 Å². The van der Waals surface area contributed by atoms with E-state index in [4.69, 9.17) is 0 Å². The Morgan fingerprint density at radius 1 is 1.26 bits per heavy atom. The first-order valence-corrected chi connectivity index (χ1v) is 7.29. The van der Waals surface area contributed by atoms with Gasteiger partial charge in [0.05, 0.1) is 0 Å². The summed E-state index contributed by atoms with van der Waals surface area (Å²) in [6.07, 6.45) is 0. The maximum absolute atomic E-state index is 12.2. The van der Waals surface area contributed by atoms with Crippen molar-refractivity contribution in [1.29, 1.82) is 0 Å². The molecule has 2 aromatic rings. The van der Waals surface area contributed by atoms with E-state index in [2.05, 4.69) is 26.0 Å². The summed E-state index contributed by atoms with van der Waals surface area (Å²) in [6.45, 7) is -1.62. The molecule has 19 heavy (non-hydrogen) atoms. The molecule has 102 valence electrons. The second-order valence-electron chi connectivity index (χ2n) is 3.82. The molecule has 2 rings (SSSR count). The maximum Gasteiger partial charge on any atom is 0.387 e. The molecule has 0 radical (unpaired) electrons. The quantitative estimate of drug-likeness (QED) is 0.835. The van der Waals surface area contributed by atoms with Crippen molar-refractivity contribution in [2.75, 3.05) is 0 Å². The van der Waals surface area contributed by atoms with Gasteiger partial charge >= 0.3 is 6.61 Å². The fourth-order valence-electron chi connectivity index (χ4n) is 1.63. The Bertz CT molecular complexity index is 533. The van der Waals surface area contributed by atoms with Gasteiger partial charge in [-0.1, -0.05) is 18.2 Å². The molecule has 0 aliphatic heterocycles. The van der Waals surface area contributed by atoms with Gasteiger partial charge in [0, 0.05) is 33.4 Å². The van der Waals surface area contributed by atoms with Crippen molar-refractivity contribution >= 4 is 27.3 Å². The van der Waals surface area contributed by atoms with Gasteiger partial charge in [-0.15, -0.1) is 11.3 Å². The van der Waals surface area contributed by atoms with E-state index in [0.29, 0.717) is 13.1 Å². The predicted molar refractivity (Wildman–Crippen MR) is 75.6 cm³/mol. The van der Waals surface area contributed by atoms with Gasteiger partial charge in [0.2, 0.25) is 0 Å². The summed E-state index contributed by atoms with van der Waals surface area (Å²) in [7, 11) is 0. The number of rotatable bonds is 6. The van der Waals surface area contributed by atoms with Crippen LogP contribution in [0.4, 0.5) is 8.78 Å². The summed E-state index contributed by atoms with van der Waals surface area (Å²) in [5.74, 6) is 0.220. The lowest BCUT2D eigenvalue weighted by Gasteiger charge is -2.10. The molecule has 0 unspecified atom stereocenters. The first kappa shape index (κ1) is 14.4. The Kier molecular flexibility index (Phi) is 5.30. The third kappa shape index (κ3) is 4.56. The van der Waals surface area contributed by atoms with E-state index >= 15 is 0 Å². The molecule has 0 spiro atoms. The second kappa shape index (κ2) is 6.98. The lowest BCUT2D eigenvalue weighted by atomic mass is 10.2. The lowest BCUT2D eigenvalue weighted by molar-refractivity contribution is -0.0505. The van der Waals surface area contributed by atoms with Crippen molar-refractivity contribution in [1.82, 2.24) is 5.32 Å². The smallest absolute Gasteiger partial charge is 0.387 e. The fraction of sp³-hybridized carbons (Fsp3) is 0.231. The zero-order chi connectivity index (χ0) is 13.7. The predicted octanol–water partition coefficient (Wildman–Crippen LogP) is 4.40. The molecular formula is C13H12BrF2NOS. The maximum atomic E-state index is 12.2. The van der Waals surface area contributed by atoms with Gasteiger partial charge in [-0.2, -0.15) is 8.78 Å². The summed E-state index contributed by atoms with van der Waals surface area (Å²) in [6, 6.07) is 8.83. The highest BCUT2D eigenvalue weighted by atomic mass is 79.9. The molecule has 1 aromatic heterocycles. The minimum atomic E-state index is -2.80. The molecule has 0 amide bonds. The van der Waals surface area contributed by atoms with Crippen LogP contribution < -0.4 is 10.1 Å². The van der Waals surface area contributed by atoms with Gasteiger partial charge in [-0.3, -0.25) is 0 Å². The number of alkyl halides is 2. The van der Waals surface area contributed by atoms with Crippen molar-refractivity contribution in [3.63, 3.8) is 0 Å². The standard InChI is InChI=1S/C13H12BrF2NOS/c14-10-5-11(19-8-10)7-17-6-9-3-1-2-4-12(9)18-13(15)16/h1-5,8,13,17H,6-7H2. The second-order valence-corrected chi connectivity index (χ2v) is 5.73. The first-order valence-electron chi connectivity index (χ1n) is 5.61. The SMILES string of the molecule is FC(F)Oc1ccccc1CNCc1cc(Br)cs1. The summed E-state index contributed by atoms with van der Waals surface area (Å²) in [4.78, 5) is 1.18. The number of nitrogens with one attached hydrogen (secondary N) is 1. The van der Waals surface area contributed by atoms with Crippen molar-refractivity contribution < 1.29 is 13.5 Å². The van der Waals surface area contributed by atoms with Gasteiger partial charge in [0.1, 0.15) is 5.75 Å². The number of thiophene rings is 1. The normalized spacial score (nSPS) is 10.9. The fourth-order valence-corrected chi connectivity index (χ4v) is 3.05. The number of hydrogen-bond donors (Lipinski definition) is 1. The zero-order valence-corrected chi connectivity index (χ0v) is 12.3. The Hall–Kier alpha value is -0.980. The van der Waals surface area contributed by atoms with Gasteiger partial charge in [0.15, 0.2) is 0 Å². The average Bonchev–Trinajstić information content (AvgIpc) is 2.77. The number of para-hydroxylation sites is 1. The third-order valence-electron chi connectivity index (χ3n) is 2.43. The van der Waals surface area contributed by atoms with E-state index in [1.165, 1.54) is 4.88 Å². The molecule has 0 saturated carbocycles. The number of ether oxygens (including phenoxy) is 1. The van der Waals surface area contributed by atoms with Crippen LogP contribution in [0.2, 0.25) is 0 Å². The van der Waals surface area contributed by atoms with E-state index in [-0.39, 0.29) is 5.75 Å². The Morgan fingerprint density at radius 2 is 2.05 bits per heavy atom. The van der Waals surface area contributed by atoms with E-state index < -0.39 is 6.61 Å². The number of halogens is 3. The van der Waals surface area contributed by atoms with E-state index in [1.807, 2.05) is 11.4 Å². The molecule has 0 saturated heterocycles. The highest BCUT2D eigenvalue weighted by Crippen LogP contribution is 2.21. The monoisotopic (exact) mass is 347 g/mol. The first-order chi connectivity index (χ1) is 9.15. The molecule has 1 N–H and O–H groups in total. The molecule has 0 aliphatic rings. The van der Waals surface area contributed by atoms with Crippen LogP contribution in [0.25, 0.3) is 0 Å². The van der Waals surface area contributed by atoms with Crippen LogP contribution >= 0.6 is 27.3 Å². The largest absolute Gasteiger partial charge is 0.434 e. The molecular weight excluding hydrogens is 336 g/mol. The molecule has 0 atom stereocenters. The van der Waals surface area contributed by atoms with Crippen molar-refractivity contribution in [2.45, 2.75) is 19.7 Å². The topological polar surface area (TPSA) is 21.3 Å². The highest BCUT2D eigenvalue weighted by molar-refractivity contribution is 9.10. The summed E-state index contributed by atoms with van der Waals surface area (Å²) < 4.78 is 30.0. The lowest BCUT2D eigenvalue weighted by Crippen LogP contribution is -2.13. The van der Waals surface area contributed by atoms with Crippen LogP contribution in [0.1, 0.15) is 10.4 Å². The minimum absolute atomic E-state index is 0.220. The number of hydrogen-bond acceptors (Lipinski definition) is 3. The van der Waals surface area contributed by atoms with E-state index in [0.717, 1.165) is 10.0 Å². The van der Waals surface area contributed by atoms with Crippen LogP contribution in [0.5, 0.6) is 5.75 Å². The summed E-state index contributed by atoms with van der Waals surface area (Å²) in [5, 5.41) is 5.21. The van der Waals surface area contributed by atoms with Crippen LogP contribution in [-0.4, -0.2) is 6.61 Å². The minimum Gasteiger partial charge on any atom is -0.434 e. The van der Waals surface area contributed by atoms with Gasteiger partial charge in [-0.05, 0) is 28.1 Å². The zero-order valence-electron chi connectivity index (χ0n) is 9.91.